The summed E-state index contributed by atoms with van der Waals surface area (Å²) in [5, 5.41) is 11.8. The van der Waals surface area contributed by atoms with Gasteiger partial charge in [0.1, 0.15) is 6.54 Å². The molecule has 0 radical (unpaired) electrons. The predicted molar refractivity (Wildman–Crippen MR) is 44.2 cm³/mol. The number of alkyl halides is 3. The minimum absolute atomic E-state index is 0.113. The molecule has 0 aliphatic carbocycles. The maximum absolute atomic E-state index is 11.9. The second kappa shape index (κ2) is 4.33. The molecule has 1 rings (SSSR count). The van der Waals surface area contributed by atoms with Crippen molar-refractivity contribution in [2.45, 2.75) is 25.6 Å². The van der Waals surface area contributed by atoms with Crippen LogP contribution in [0.15, 0.2) is 12.4 Å². The zero-order valence-corrected chi connectivity index (χ0v) is 7.66. The fourth-order valence-electron chi connectivity index (χ4n) is 1.06. The van der Waals surface area contributed by atoms with Crippen LogP contribution in [0.3, 0.4) is 0 Å². The van der Waals surface area contributed by atoms with E-state index >= 15 is 0 Å². The van der Waals surface area contributed by atoms with Gasteiger partial charge in [0.25, 0.3) is 0 Å². The van der Waals surface area contributed by atoms with E-state index in [0.717, 1.165) is 4.68 Å². The minimum Gasteiger partial charge on any atom is -0.481 e. The third-order valence-corrected chi connectivity index (χ3v) is 1.66. The molecule has 0 aliphatic heterocycles. The van der Waals surface area contributed by atoms with Gasteiger partial charge in [-0.05, 0) is 12.0 Å². The van der Waals surface area contributed by atoms with Crippen molar-refractivity contribution < 1.29 is 23.1 Å². The van der Waals surface area contributed by atoms with Gasteiger partial charge in [0, 0.05) is 12.6 Å². The van der Waals surface area contributed by atoms with Gasteiger partial charge in [0.2, 0.25) is 0 Å². The molecule has 1 aromatic rings. The molecule has 0 bridgehead atoms. The van der Waals surface area contributed by atoms with Crippen LogP contribution in [0.1, 0.15) is 12.0 Å². The molecule has 0 fully saturated rings. The Morgan fingerprint density at radius 1 is 1.53 bits per heavy atom. The third-order valence-electron chi connectivity index (χ3n) is 1.66. The highest BCUT2D eigenvalue weighted by molar-refractivity contribution is 5.67. The van der Waals surface area contributed by atoms with Crippen LogP contribution in [-0.2, 0) is 17.8 Å². The van der Waals surface area contributed by atoms with Crippen LogP contribution < -0.4 is 0 Å². The molecule has 7 heteroatoms. The molecule has 15 heavy (non-hydrogen) atoms. The zero-order valence-electron chi connectivity index (χ0n) is 7.66. The summed E-state index contributed by atoms with van der Waals surface area (Å²) in [6, 6.07) is 0. The van der Waals surface area contributed by atoms with Crippen LogP contribution in [-0.4, -0.2) is 27.0 Å². The van der Waals surface area contributed by atoms with E-state index < -0.39 is 18.7 Å². The molecular formula is C8H9F3N2O2. The Bertz CT molecular complexity index is 346. The number of carboxylic acids is 1. The van der Waals surface area contributed by atoms with Crippen molar-refractivity contribution in [2.75, 3.05) is 0 Å². The molecule has 0 atom stereocenters. The Morgan fingerprint density at radius 2 is 2.20 bits per heavy atom. The summed E-state index contributed by atoms with van der Waals surface area (Å²) in [6.07, 6.45) is -1.79. The Kier molecular flexibility index (Phi) is 3.33. The Labute approximate surface area is 83.3 Å². The van der Waals surface area contributed by atoms with E-state index in [4.69, 9.17) is 5.11 Å². The number of aliphatic carboxylic acids is 1. The van der Waals surface area contributed by atoms with Gasteiger partial charge in [-0.3, -0.25) is 9.48 Å². The average Bonchev–Trinajstić information content (AvgIpc) is 2.45. The summed E-state index contributed by atoms with van der Waals surface area (Å²) >= 11 is 0. The molecule has 1 N–H and O–H groups in total. The molecule has 1 aromatic heterocycles. The van der Waals surface area contributed by atoms with Crippen LogP contribution in [0.4, 0.5) is 13.2 Å². The Morgan fingerprint density at radius 3 is 2.73 bits per heavy atom. The summed E-state index contributed by atoms with van der Waals surface area (Å²) in [6.45, 7) is -1.15. The van der Waals surface area contributed by atoms with E-state index in [0.29, 0.717) is 5.56 Å². The van der Waals surface area contributed by atoms with E-state index in [-0.39, 0.29) is 12.8 Å². The van der Waals surface area contributed by atoms with E-state index in [2.05, 4.69) is 5.10 Å². The SMILES string of the molecule is O=C(O)CCc1cnn(CC(F)(F)F)c1. The van der Waals surface area contributed by atoms with Gasteiger partial charge >= 0.3 is 12.1 Å². The van der Waals surface area contributed by atoms with Crippen LogP contribution >= 0.6 is 0 Å². The van der Waals surface area contributed by atoms with Crippen LogP contribution in [0.5, 0.6) is 0 Å². The van der Waals surface area contributed by atoms with Crippen molar-refractivity contribution in [1.29, 1.82) is 0 Å². The molecule has 0 aliphatic rings. The number of carbonyl (C=O) groups is 1. The summed E-state index contributed by atoms with van der Waals surface area (Å²) in [5.41, 5.74) is 0.488. The predicted octanol–water partition coefficient (Wildman–Crippen LogP) is 1.46. The third kappa shape index (κ3) is 4.48. The smallest absolute Gasteiger partial charge is 0.408 e. The molecule has 0 unspecified atom stereocenters. The topological polar surface area (TPSA) is 55.1 Å². The fourth-order valence-corrected chi connectivity index (χ4v) is 1.06. The van der Waals surface area contributed by atoms with Gasteiger partial charge in [-0.25, -0.2) is 0 Å². The van der Waals surface area contributed by atoms with Gasteiger partial charge in [-0.2, -0.15) is 18.3 Å². The number of aromatic nitrogens is 2. The second-order valence-electron chi connectivity index (χ2n) is 3.06. The number of nitrogens with zero attached hydrogens (tertiary/aromatic N) is 2. The lowest BCUT2D eigenvalue weighted by atomic mass is 10.2. The first-order valence-corrected chi connectivity index (χ1v) is 4.17. The fraction of sp³-hybridized carbons (Fsp3) is 0.500. The quantitative estimate of drug-likeness (QED) is 0.839. The van der Waals surface area contributed by atoms with E-state index in [1.807, 2.05) is 0 Å². The normalized spacial score (nSPS) is 11.7. The second-order valence-corrected chi connectivity index (χ2v) is 3.06. The highest BCUT2D eigenvalue weighted by Crippen LogP contribution is 2.17. The molecule has 1 heterocycles. The number of hydrogen-bond donors (Lipinski definition) is 1. The van der Waals surface area contributed by atoms with Crippen molar-refractivity contribution in [3.63, 3.8) is 0 Å². The molecule has 0 amide bonds. The molecule has 0 aromatic carbocycles. The van der Waals surface area contributed by atoms with Gasteiger partial charge in [0.15, 0.2) is 0 Å². The number of halogens is 3. The number of rotatable bonds is 4. The first-order valence-electron chi connectivity index (χ1n) is 4.17. The lowest BCUT2D eigenvalue weighted by Gasteiger charge is -2.04. The summed E-state index contributed by atoms with van der Waals surface area (Å²) in [5.74, 6) is -0.987. The van der Waals surface area contributed by atoms with Crippen molar-refractivity contribution >= 4 is 5.97 Å². The Hall–Kier alpha value is -1.53. The van der Waals surface area contributed by atoms with E-state index in [1.165, 1.54) is 12.4 Å². The first kappa shape index (κ1) is 11.5. The van der Waals surface area contributed by atoms with Crippen LogP contribution in [0, 0.1) is 0 Å². The van der Waals surface area contributed by atoms with Crippen LogP contribution in [0.2, 0.25) is 0 Å². The first-order chi connectivity index (χ1) is 6.87. The molecule has 0 saturated heterocycles. The molecule has 84 valence electrons. The monoisotopic (exact) mass is 222 g/mol. The van der Waals surface area contributed by atoms with Crippen molar-refractivity contribution in [3.05, 3.63) is 18.0 Å². The molecular weight excluding hydrogens is 213 g/mol. The maximum Gasteiger partial charge on any atom is 0.408 e. The Balaban J connectivity index is 2.53. The molecule has 4 nitrogen and oxygen atoms in total. The highest BCUT2D eigenvalue weighted by atomic mass is 19.4. The molecule has 0 saturated carbocycles. The number of aryl methyl sites for hydroxylation is 1. The standard InChI is InChI=1S/C8H9F3N2O2/c9-8(10,11)5-13-4-6(3-12-13)1-2-7(14)15/h3-4H,1-2,5H2,(H,14,15). The minimum atomic E-state index is -4.31. The summed E-state index contributed by atoms with van der Waals surface area (Å²) < 4.78 is 36.5. The lowest BCUT2D eigenvalue weighted by molar-refractivity contribution is -0.142. The number of carboxylic acid groups (broad SMARTS) is 1. The summed E-state index contributed by atoms with van der Waals surface area (Å²) in [4.78, 5) is 10.2. The highest BCUT2D eigenvalue weighted by Gasteiger charge is 2.28. The van der Waals surface area contributed by atoms with Crippen molar-refractivity contribution in [1.82, 2.24) is 9.78 Å². The largest absolute Gasteiger partial charge is 0.481 e. The maximum atomic E-state index is 11.9. The zero-order chi connectivity index (χ0) is 11.5. The van der Waals surface area contributed by atoms with Gasteiger partial charge in [-0.15, -0.1) is 0 Å². The van der Waals surface area contributed by atoms with E-state index in [9.17, 15) is 18.0 Å². The average molecular weight is 222 g/mol. The van der Waals surface area contributed by atoms with Crippen molar-refractivity contribution in [2.24, 2.45) is 0 Å². The molecule has 0 spiro atoms. The van der Waals surface area contributed by atoms with Crippen molar-refractivity contribution in [3.8, 4) is 0 Å². The number of hydrogen-bond acceptors (Lipinski definition) is 2. The van der Waals surface area contributed by atoms with Gasteiger partial charge < -0.3 is 5.11 Å². The van der Waals surface area contributed by atoms with Gasteiger partial charge in [-0.1, -0.05) is 0 Å². The van der Waals surface area contributed by atoms with Gasteiger partial charge in [0.05, 0.1) is 6.20 Å². The van der Waals surface area contributed by atoms with E-state index in [1.54, 1.807) is 0 Å². The lowest BCUT2D eigenvalue weighted by Crippen LogP contribution is -2.17. The van der Waals surface area contributed by atoms with Crippen LogP contribution in [0.25, 0.3) is 0 Å². The summed E-state index contributed by atoms with van der Waals surface area (Å²) in [7, 11) is 0.